The van der Waals surface area contributed by atoms with Gasteiger partial charge in [0.05, 0.1) is 12.9 Å². The Morgan fingerprint density at radius 2 is 1.60 bits per heavy atom. The van der Waals surface area contributed by atoms with Crippen LogP contribution in [0.15, 0.2) is 43.0 Å². The molecule has 0 spiro atoms. The van der Waals surface area contributed by atoms with Crippen molar-refractivity contribution in [3.8, 4) is 0 Å². The van der Waals surface area contributed by atoms with Gasteiger partial charge in [-0.3, -0.25) is 13.9 Å². The standard InChI is InChI=1S/C29H45N5O8SSi2/c1-28(2,3)44(7,8)39-16-20-22(41-43(36,37)38)23(42-45(9,10)29(4,5)6)27(40-20)34-18-32-21-24(30-17-31-25(21)34)33-26(35)19-14-12-11-13-15-19/h11-15,17-18,20,22-23,27H,16H2,1-10H3,(H,36,37,38)(H,30,31,33,35)/t20-,22-,23-,27-/m1/s1. The van der Waals surface area contributed by atoms with Gasteiger partial charge in [0.25, 0.3) is 5.91 Å². The number of aromatic nitrogens is 4. The number of carbonyl (C=O) groups excluding carboxylic acids is 1. The topological polar surface area (TPSA) is 164 Å². The van der Waals surface area contributed by atoms with Crippen LogP contribution >= 0.6 is 0 Å². The highest BCUT2D eigenvalue weighted by Crippen LogP contribution is 2.44. The van der Waals surface area contributed by atoms with Crippen molar-refractivity contribution < 1.29 is 35.5 Å². The van der Waals surface area contributed by atoms with E-state index in [1.165, 1.54) is 12.7 Å². The number of anilines is 1. The Morgan fingerprint density at radius 3 is 2.18 bits per heavy atom. The Balaban J connectivity index is 1.77. The molecule has 13 nitrogen and oxygen atoms in total. The van der Waals surface area contributed by atoms with E-state index in [2.05, 4.69) is 74.9 Å². The minimum absolute atomic E-state index is 0.00450. The molecule has 45 heavy (non-hydrogen) atoms. The summed E-state index contributed by atoms with van der Waals surface area (Å²) in [6, 6.07) is 8.70. The highest BCUT2D eigenvalue weighted by molar-refractivity contribution is 7.80. The summed E-state index contributed by atoms with van der Waals surface area (Å²) in [4.78, 5) is 26.1. The first kappa shape index (κ1) is 35.3. The smallest absolute Gasteiger partial charge is 0.397 e. The van der Waals surface area contributed by atoms with E-state index in [-0.39, 0.29) is 28.4 Å². The second-order valence-electron chi connectivity index (χ2n) is 14.3. The number of fused-ring (bicyclic) bond motifs is 1. The van der Waals surface area contributed by atoms with E-state index in [4.69, 9.17) is 17.8 Å². The minimum Gasteiger partial charge on any atom is -0.414 e. The monoisotopic (exact) mass is 679 g/mol. The number of benzene rings is 1. The normalized spacial score (nSPS) is 21.8. The van der Waals surface area contributed by atoms with Crippen LogP contribution in [0.3, 0.4) is 0 Å². The quantitative estimate of drug-likeness (QED) is 0.203. The van der Waals surface area contributed by atoms with Crippen LogP contribution in [0.4, 0.5) is 5.82 Å². The van der Waals surface area contributed by atoms with Gasteiger partial charge < -0.3 is 18.9 Å². The van der Waals surface area contributed by atoms with Gasteiger partial charge in [-0.05, 0) is 48.4 Å². The molecule has 0 unspecified atom stereocenters. The lowest BCUT2D eigenvalue weighted by atomic mass is 10.1. The van der Waals surface area contributed by atoms with Crippen LogP contribution in [0.2, 0.25) is 36.3 Å². The molecule has 4 atom stereocenters. The molecule has 248 valence electrons. The summed E-state index contributed by atoms with van der Waals surface area (Å²) in [6.45, 7) is 20.7. The summed E-state index contributed by atoms with van der Waals surface area (Å²) in [6.07, 6.45) is -1.39. The molecule has 1 aliphatic heterocycles. The molecule has 0 bridgehead atoms. The summed E-state index contributed by atoms with van der Waals surface area (Å²) < 4.78 is 60.9. The number of ether oxygens (including phenoxy) is 1. The molecule has 0 radical (unpaired) electrons. The Hall–Kier alpha value is -2.58. The molecule has 16 heteroatoms. The van der Waals surface area contributed by atoms with Gasteiger partial charge in [-0.15, -0.1) is 0 Å². The average Bonchev–Trinajstić information content (AvgIpc) is 3.47. The second-order valence-corrected chi connectivity index (χ2v) is 24.9. The van der Waals surface area contributed by atoms with Crippen LogP contribution in [-0.4, -0.2) is 80.0 Å². The zero-order valence-electron chi connectivity index (χ0n) is 27.6. The average molecular weight is 680 g/mol. The molecule has 0 saturated carbocycles. The van der Waals surface area contributed by atoms with Crippen molar-refractivity contribution in [3.05, 3.63) is 48.5 Å². The number of hydrogen-bond donors (Lipinski definition) is 2. The highest BCUT2D eigenvalue weighted by atomic mass is 32.3. The van der Waals surface area contributed by atoms with Gasteiger partial charge in [-0.25, -0.2) is 19.1 Å². The van der Waals surface area contributed by atoms with E-state index in [0.29, 0.717) is 16.7 Å². The van der Waals surface area contributed by atoms with E-state index >= 15 is 0 Å². The highest BCUT2D eigenvalue weighted by Gasteiger charge is 2.54. The number of carbonyl (C=O) groups is 1. The van der Waals surface area contributed by atoms with E-state index in [1.54, 1.807) is 28.8 Å². The Morgan fingerprint density at radius 1 is 0.978 bits per heavy atom. The number of amides is 1. The molecule has 1 aliphatic rings. The lowest BCUT2D eigenvalue weighted by Crippen LogP contribution is -2.50. The third kappa shape index (κ3) is 7.87. The molecule has 3 heterocycles. The molecule has 0 aliphatic carbocycles. The molecular weight excluding hydrogens is 635 g/mol. The van der Waals surface area contributed by atoms with E-state index in [9.17, 15) is 17.8 Å². The van der Waals surface area contributed by atoms with Crippen LogP contribution in [0.1, 0.15) is 58.1 Å². The summed E-state index contributed by atoms with van der Waals surface area (Å²) in [5.41, 5.74) is 1.06. The number of nitrogens with one attached hydrogen (secondary N) is 1. The molecule has 3 aromatic rings. The second kappa shape index (κ2) is 12.6. The maximum absolute atomic E-state index is 12.9. The van der Waals surface area contributed by atoms with Crippen molar-refractivity contribution in [2.45, 2.75) is 102 Å². The maximum Gasteiger partial charge on any atom is 0.397 e. The Kier molecular flexibility index (Phi) is 9.84. The Labute approximate surface area is 267 Å². The number of rotatable bonds is 10. The van der Waals surface area contributed by atoms with Gasteiger partial charge in [-0.1, -0.05) is 59.7 Å². The van der Waals surface area contributed by atoms with Gasteiger partial charge in [0, 0.05) is 5.56 Å². The number of nitrogens with zero attached hydrogens (tertiary/aromatic N) is 4. The van der Waals surface area contributed by atoms with Crippen molar-refractivity contribution in [1.82, 2.24) is 19.5 Å². The van der Waals surface area contributed by atoms with E-state index in [1.807, 2.05) is 19.2 Å². The van der Waals surface area contributed by atoms with Crippen LogP contribution in [0, 0.1) is 0 Å². The Bertz CT molecular complexity index is 1620. The molecule has 2 aromatic heterocycles. The van der Waals surface area contributed by atoms with Crippen molar-refractivity contribution in [2.75, 3.05) is 11.9 Å². The van der Waals surface area contributed by atoms with Gasteiger partial charge in [0.15, 0.2) is 39.8 Å². The zero-order valence-corrected chi connectivity index (χ0v) is 30.4. The van der Waals surface area contributed by atoms with Gasteiger partial charge in [0.2, 0.25) is 0 Å². The fraction of sp³-hybridized carbons (Fsp3) is 0.586. The lowest BCUT2D eigenvalue weighted by molar-refractivity contribution is -0.0467. The molecule has 1 fully saturated rings. The van der Waals surface area contributed by atoms with Crippen molar-refractivity contribution in [2.24, 2.45) is 0 Å². The SMILES string of the molecule is CC(C)(C)[Si](C)(C)OC[C@H]1O[C@@H](n2cnc3c(NC(=O)c4ccccc4)ncnc32)[C@H](O[Si](C)(C)C(C)(C)C)[C@@H]1OS(=O)(=O)O. The maximum atomic E-state index is 12.9. The van der Waals surface area contributed by atoms with E-state index < -0.39 is 51.6 Å². The fourth-order valence-electron chi connectivity index (χ4n) is 4.37. The molecule has 1 saturated heterocycles. The summed E-state index contributed by atoms with van der Waals surface area (Å²) >= 11 is 0. The van der Waals surface area contributed by atoms with Crippen LogP contribution in [0.5, 0.6) is 0 Å². The van der Waals surface area contributed by atoms with Gasteiger partial charge >= 0.3 is 10.4 Å². The minimum atomic E-state index is -4.91. The summed E-state index contributed by atoms with van der Waals surface area (Å²) in [5.74, 6) is -0.179. The number of imidazole rings is 1. The first-order valence-electron chi connectivity index (χ1n) is 14.8. The zero-order chi connectivity index (χ0) is 33.6. The van der Waals surface area contributed by atoms with Gasteiger partial charge in [-0.2, -0.15) is 8.42 Å². The van der Waals surface area contributed by atoms with Crippen molar-refractivity contribution in [1.29, 1.82) is 0 Å². The first-order chi connectivity index (χ1) is 20.6. The predicted molar refractivity (Wildman–Crippen MR) is 175 cm³/mol. The van der Waals surface area contributed by atoms with E-state index in [0.717, 1.165) is 0 Å². The molecule has 1 aromatic carbocycles. The van der Waals surface area contributed by atoms with Crippen LogP contribution in [0.25, 0.3) is 11.2 Å². The molecule has 2 N–H and O–H groups in total. The fourth-order valence-corrected chi connectivity index (χ4v) is 7.18. The van der Waals surface area contributed by atoms with Crippen molar-refractivity contribution >= 4 is 49.9 Å². The molecule has 1 amide bonds. The van der Waals surface area contributed by atoms with Gasteiger partial charge in [0.1, 0.15) is 24.6 Å². The number of hydrogen-bond acceptors (Lipinski definition) is 10. The molecule has 4 rings (SSSR count). The van der Waals surface area contributed by atoms with Crippen LogP contribution in [-0.2, 0) is 28.2 Å². The third-order valence-corrected chi connectivity index (χ3v) is 18.5. The first-order valence-corrected chi connectivity index (χ1v) is 22.0. The van der Waals surface area contributed by atoms with Crippen molar-refractivity contribution in [3.63, 3.8) is 0 Å². The lowest BCUT2D eigenvalue weighted by Gasteiger charge is -2.40. The largest absolute Gasteiger partial charge is 0.414 e. The summed E-state index contributed by atoms with van der Waals surface area (Å²) in [5, 5.41) is 2.41. The van der Waals surface area contributed by atoms with Crippen LogP contribution < -0.4 is 5.32 Å². The third-order valence-electron chi connectivity index (χ3n) is 9.07. The molecular formula is C29H45N5O8SSi2. The predicted octanol–water partition coefficient (Wildman–Crippen LogP) is 5.58. The summed E-state index contributed by atoms with van der Waals surface area (Å²) in [7, 11) is -9.81.